The SMILES string of the molecule is CS(=O)(=O)Nc1cccc(-c2cnc3ccc(NCCCO)nn23)c1. The van der Waals surface area contributed by atoms with Crippen LogP contribution in [0.25, 0.3) is 16.9 Å². The normalized spacial score (nSPS) is 11.6. The standard InChI is InChI=1S/C16H19N5O3S/c1-25(23,24)20-13-5-2-4-12(10-13)14-11-18-16-7-6-15(19-21(14)16)17-8-3-9-22/h2,4-7,10-11,20,22H,3,8-9H2,1H3,(H,17,19). The number of sulfonamides is 1. The van der Waals surface area contributed by atoms with Gasteiger partial charge in [-0.1, -0.05) is 12.1 Å². The lowest BCUT2D eigenvalue weighted by molar-refractivity contribution is 0.292. The molecule has 2 heterocycles. The van der Waals surface area contributed by atoms with Gasteiger partial charge < -0.3 is 10.4 Å². The molecule has 3 rings (SSSR count). The Labute approximate surface area is 145 Å². The van der Waals surface area contributed by atoms with Gasteiger partial charge in [0.05, 0.1) is 18.1 Å². The molecule has 0 spiro atoms. The van der Waals surface area contributed by atoms with Gasteiger partial charge in [0.1, 0.15) is 5.82 Å². The van der Waals surface area contributed by atoms with Crippen LogP contribution in [-0.2, 0) is 10.0 Å². The second-order valence-electron chi connectivity index (χ2n) is 5.59. The molecule has 0 amide bonds. The van der Waals surface area contributed by atoms with Crippen LogP contribution < -0.4 is 10.0 Å². The predicted molar refractivity (Wildman–Crippen MR) is 97.1 cm³/mol. The lowest BCUT2D eigenvalue weighted by atomic mass is 10.1. The van der Waals surface area contributed by atoms with Crippen LogP contribution in [0.4, 0.5) is 11.5 Å². The van der Waals surface area contributed by atoms with Crippen molar-refractivity contribution >= 4 is 27.2 Å². The summed E-state index contributed by atoms with van der Waals surface area (Å²) in [4.78, 5) is 4.33. The van der Waals surface area contributed by atoms with Gasteiger partial charge in [-0.15, -0.1) is 5.10 Å². The molecule has 0 aliphatic heterocycles. The van der Waals surface area contributed by atoms with E-state index in [0.717, 1.165) is 17.5 Å². The minimum absolute atomic E-state index is 0.117. The van der Waals surface area contributed by atoms with E-state index in [1.807, 2.05) is 18.2 Å². The largest absolute Gasteiger partial charge is 0.396 e. The number of imidazole rings is 1. The lowest BCUT2D eigenvalue weighted by Crippen LogP contribution is -2.09. The van der Waals surface area contributed by atoms with Crippen molar-refractivity contribution in [2.45, 2.75) is 6.42 Å². The lowest BCUT2D eigenvalue weighted by Gasteiger charge is -2.08. The summed E-state index contributed by atoms with van der Waals surface area (Å²) >= 11 is 0. The highest BCUT2D eigenvalue weighted by molar-refractivity contribution is 7.92. The van der Waals surface area contributed by atoms with Crippen molar-refractivity contribution in [1.29, 1.82) is 0 Å². The van der Waals surface area contributed by atoms with Gasteiger partial charge in [-0.05, 0) is 30.7 Å². The first-order valence-corrected chi connectivity index (χ1v) is 9.63. The minimum atomic E-state index is -3.34. The van der Waals surface area contributed by atoms with Crippen molar-refractivity contribution < 1.29 is 13.5 Å². The topological polar surface area (TPSA) is 109 Å². The Balaban J connectivity index is 1.95. The van der Waals surface area contributed by atoms with Gasteiger partial charge in [-0.3, -0.25) is 4.72 Å². The van der Waals surface area contributed by atoms with E-state index in [1.165, 1.54) is 0 Å². The zero-order chi connectivity index (χ0) is 17.9. The smallest absolute Gasteiger partial charge is 0.229 e. The van der Waals surface area contributed by atoms with E-state index in [9.17, 15) is 8.42 Å². The zero-order valence-corrected chi connectivity index (χ0v) is 14.5. The Hall–Kier alpha value is -2.65. The highest BCUT2D eigenvalue weighted by atomic mass is 32.2. The molecule has 0 atom stereocenters. The summed E-state index contributed by atoms with van der Waals surface area (Å²) in [6.07, 6.45) is 3.44. The number of anilines is 2. The molecule has 1 aromatic carbocycles. The highest BCUT2D eigenvalue weighted by Crippen LogP contribution is 2.24. The number of aromatic nitrogens is 3. The van der Waals surface area contributed by atoms with Crippen molar-refractivity contribution in [2.24, 2.45) is 0 Å². The Kier molecular flexibility index (Phi) is 4.86. The molecule has 0 saturated heterocycles. The van der Waals surface area contributed by atoms with Gasteiger partial charge in [0, 0.05) is 24.4 Å². The number of aliphatic hydroxyl groups excluding tert-OH is 1. The maximum Gasteiger partial charge on any atom is 0.229 e. The Bertz CT molecular complexity index is 984. The van der Waals surface area contributed by atoms with Crippen molar-refractivity contribution in [3.8, 4) is 11.3 Å². The van der Waals surface area contributed by atoms with E-state index in [0.29, 0.717) is 30.1 Å². The van der Waals surface area contributed by atoms with Gasteiger partial charge in [0.2, 0.25) is 10.0 Å². The highest BCUT2D eigenvalue weighted by Gasteiger charge is 2.10. The summed E-state index contributed by atoms with van der Waals surface area (Å²) in [5, 5.41) is 16.5. The van der Waals surface area contributed by atoms with Gasteiger partial charge in [0.25, 0.3) is 0 Å². The van der Waals surface area contributed by atoms with Crippen LogP contribution in [0.2, 0.25) is 0 Å². The van der Waals surface area contributed by atoms with Gasteiger partial charge >= 0.3 is 0 Å². The molecule has 0 aliphatic carbocycles. The van der Waals surface area contributed by atoms with Crippen molar-refractivity contribution in [3.63, 3.8) is 0 Å². The van der Waals surface area contributed by atoms with Crippen molar-refractivity contribution in [1.82, 2.24) is 14.6 Å². The molecule has 0 radical (unpaired) electrons. The van der Waals surface area contributed by atoms with Crippen LogP contribution in [0, 0.1) is 0 Å². The predicted octanol–water partition coefficient (Wildman–Crippen LogP) is 1.56. The number of nitrogens with one attached hydrogen (secondary N) is 2. The summed E-state index contributed by atoms with van der Waals surface area (Å²) in [7, 11) is -3.34. The molecular formula is C16H19N5O3S. The van der Waals surface area contributed by atoms with E-state index in [4.69, 9.17) is 5.11 Å². The van der Waals surface area contributed by atoms with Crippen LogP contribution in [-0.4, -0.2) is 47.5 Å². The fourth-order valence-electron chi connectivity index (χ4n) is 2.42. The van der Waals surface area contributed by atoms with Crippen molar-refractivity contribution in [2.75, 3.05) is 29.4 Å². The first kappa shape index (κ1) is 17.2. The summed E-state index contributed by atoms with van der Waals surface area (Å²) in [6, 6.07) is 10.7. The molecule has 0 aliphatic rings. The second kappa shape index (κ2) is 7.08. The fourth-order valence-corrected chi connectivity index (χ4v) is 2.97. The Morgan fingerprint density at radius 1 is 1.24 bits per heavy atom. The van der Waals surface area contributed by atoms with E-state index in [1.54, 1.807) is 28.9 Å². The minimum Gasteiger partial charge on any atom is -0.396 e. The maximum absolute atomic E-state index is 11.4. The van der Waals surface area contributed by atoms with Crippen LogP contribution in [0.15, 0.2) is 42.6 Å². The molecule has 3 aromatic rings. The van der Waals surface area contributed by atoms with Crippen molar-refractivity contribution in [3.05, 3.63) is 42.6 Å². The number of benzene rings is 1. The number of hydrogen-bond donors (Lipinski definition) is 3. The molecule has 0 fully saturated rings. The zero-order valence-electron chi connectivity index (χ0n) is 13.7. The monoisotopic (exact) mass is 361 g/mol. The number of aliphatic hydroxyl groups is 1. The number of nitrogens with zero attached hydrogens (tertiary/aromatic N) is 3. The summed E-state index contributed by atoms with van der Waals surface area (Å²) in [6.45, 7) is 0.735. The summed E-state index contributed by atoms with van der Waals surface area (Å²) in [5.41, 5.74) is 2.70. The van der Waals surface area contributed by atoms with Gasteiger partial charge in [0.15, 0.2) is 5.65 Å². The van der Waals surface area contributed by atoms with Crippen LogP contribution in [0.5, 0.6) is 0 Å². The van der Waals surface area contributed by atoms with Crippen LogP contribution >= 0.6 is 0 Å². The Morgan fingerprint density at radius 2 is 2.08 bits per heavy atom. The van der Waals surface area contributed by atoms with E-state index in [-0.39, 0.29) is 6.61 Å². The average Bonchev–Trinajstić information content (AvgIpc) is 2.97. The molecule has 2 aromatic heterocycles. The summed E-state index contributed by atoms with van der Waals surface area (Å²) < 4.78 is 27.0. The van der Waals surface area contributed by atoms with E-state index < -0.39 is 10.0 Å². The maximum atomic E-state index is 11.4. The first-order chi connectivity index (χ1) is 12.0. The fraction of sp³-hybridized carbons (Fsp3) is 0.250. The first-order valence-electron chi connectivity index (χ1n) is 7.74. The van der Waals surface area contributed by atoms with E-state index >= 15 is 0 Å². The third-order valence-corrected chi connectivity index (χ3v) is 4.07. The second-order valence-corrected chi connectivity index (χ2v) is 7.34. The molecule has 8 nitrogen and oxygen atoms in total. The summed E-state index contributed by atoms with van der Waals surface area (Å²) in [5.74, 6) is 0.672. The molecule has 3 N–H and O–H groups in total. The number of hydrogen-bond acceptors (Lipinski definition) is 6. The molecular weight excluding hydrogens is 342 g/mol. The molecule has 0 unspecified atom stereocenters. The third kappa shape index (κ3) is 4.25. The van der Waals surface area contributed by atoms with E-state index in [2.05, 4.69) is 20.1 Å². The number of rotatable bonds is 7. The van der Waals surface area contributed by atoms with Gasteiger partial charge in [-0.25, -0.2) is 17.9 Å². The molecule has 0 saturated carbocycles. The average molecular weight is 361 g/mol. The Morgan fingerprint density at radius 3 is 2.84 bits per heavy atom. The van der Waals surface area contributed by atoms with Crippen LogP contribution in [0.1, 0.15) is 6.42 Å². The van der Waals surface area contributed by atoms with Crippen LogP contribution in [0.3, 0.4) is 0 Å². The third-order valence-electron chi connectivity index (χ3n) is 3.46. The molecule has 0 bridgehead atoms. The molecule has 132 valence electrons. The number of fused-ring (bicyclic) bond motifs is 1. The molecule has 25 heavy (non-hydrogen) atoms. The van der Waals surface area contributed by atoms with Gasteiger partial charge in [-0.2, -0.15) is 0 Å². The molecule has 9 heteroatoms. The quantitative estimate of drug-likeness (QED) is 0.551.